The Balaban J connectivity index is 0.000000322. The predicted octanol–water partition coefficient (Wildman–Crippen LogP) is 6.50. The van der Waals surface area contributed by atoms with Crippen molar-refractivity contribution in [1.82, 2.24) is 10.2 Å². The smallest absolute Gasteiger partial charge is 0.311 e. The number of ether oxygens (including phenoxy) is 1. The Kier molecular flexibility index (Phi) is 11.0. The van der Waals surface area contributed by atoms with Gasteiger partial charge in [-0.05, 0) is 41.1 Å². The van der Waals surface area contributed by atoms with E-state index in [9.17, 15) is 13.2 Å². The van der Waals surface area contributed by atoms with Gasteiger partial charge in [-0.25, -0.2) is 0 Å². The van der Waals surface area contributed by atoms with Crippen LogP contribution in [0.2, 0.25) is 0 Å². The minimum absolute atomic E-state index is 0.0370. The summed E-state index contributed by atoms with van der Waals surface area (Å²) in [7, 11) is -2.59. The molecule has 0 radical (unpaired) electrons. The van der Waals surface area contributed by atoms with Crippen molar-refractivity contribution in [2.45, 2.75) is 45.3 Å². The van der Waals surface area contributed by atoms with Crippen molar-refractivity contribution in [3.05, 3.63) is 114 Å². The van der Waals surface area contributed by atoms with Gasteiger partial charge >= 0.3 is 10.5 Å². The number of carbonyl (C=O) groups is 1. The van der Waals surface area contributed by atoms with Crippen LogP contribution in [-0.2, 0) is 21.8 Å². The number of benzene rings is 4. The van der Waals surface area contributed by atoms with Crippen LogP contribution >= 0.6 is 0 Å². The maximum atomic E-state index is 12.8. The Morgan fingerprint density at radius 3 is 2.12 bits per heavy atom. The fourth-order valence-electron chi connectivity index (χ4n) is 4.94. The Labute approximate surface area is 243 Å². The summed E-state index contributed by atoms with van der Waals surface area (Å²) in [6.45, 7) is 7.61. The largest absolute Gasteiger partial charge is 0.493 e. The lowest BCUT2D eigenvalue weighted by atomic mass is 9.97. The number of rotatable bonds is 9. The first-order valence-electron chi connectivity index (χ1n) is 14.0. The van der Waals surface area contributed by atoms with Crippen molar-refractivity contribution in [2.24, 2.45) is 4.36 Å². The second kappa shape index (κ2) is 15.1. The number of nitrogens with zero attached hydrogens (tertiary/aromatic N) is 2. The molecular formula is C33H37N3O4S. The summed E-state index contributed by atoms with van der Waals surface area (Å²) in [4.78, 5) is 15.1. The first-order valence-corrected chi connectivity index (χ1v) is 15.1. The maximum absolute atomic E-state index is 12.8. The lowest BCUT2D eigenvalue weighted by Gasteiger charge is -2.28. The quantitative estimate of drug-likeness (QED) is 0.248. The highest BCUT2D eigenvalue weighted by atomic mass is 32.2. The van der Waals surface area contributed by atoms with Gasteiger partial charge in [-0.1, -0.05) is 105 Å². The van der Waals surface area contributed by atoms with Crippen LogP contribution in [0.15, 0.2) is 101 Å². The minimum atomic E-state index is -2.59. The van der Waals surface area contributed by atoms with E-state index in [1.807, 2.05) is 12.1 Å². The Hall–Kier alpha value is -4.01. The second-order valence-electron chi connectivity index (χ2n) is 9.89. The molecule has 1 aliphatic heterocycles. The molecular weight excluding hydrogens is 534 g/mol. The first-order chi connectivity index (χ1) is 20.0. The summed E-state index contributed by atoms with van der Waals surface area (Å²) in [6, 6.07) is 30.9. The fourth-order valence-corrected chi connectivity index (χ4v) is 5.35. The molecule has 7 nitrogen and oxygen atoms in total. The lowest BCUT2D eigenvalue weighted by molar-refractivity contribution is -0.122. The molecule has 1 amide bonds. The molecule has 1 N–H and O–H groups in total. The van der Waals surface area contributed by atoms with E-state index in [1.165, 1.54) is 16.3 Å². The van der Waals surface area contributed by atoms with Crippen LogP contribution in [0, 0.1) is 0 Å². The molecule has 0 saturated heterocycles. The summed E-state index contributed by atoms with van der Waals surface area (Å²) in [5.41, 5.74) is 2.81. The van der Waals surface area contributed by atoms with E-state index < -0.39 is 16.5 Å². The van der Waals surface area contributed by atoms with E-state index in [0.717, 1.165) is 30.9 Å². The number of hydrogen-bond acceptors (Lipinski definition) is 6. The molecule has 5 rings (SSSR count). The average molecular weight is 572 g/mol. The number of carbonyl (C=O) groups excluding carboxylic acids is 1. The van der Waals surface area contributed by atoms with Crippen LogP contribution in [-0.4, -0.2) is 38.9 Å². The molecule has 0 saturated carbocycles. The Bertz CT molecular complexity index is 1500. The third-order valence-electron chi connectivity index (χ3n) is 7.19. The van der Waals surface area contributed by atoms with Crippen molar-refractivity contribution >= 4 is 27.2 Å². The number of hydrogen-bond donors (Lipinski definition) is 1. The second-order valence-corrected chi connectivity index (χ2v) is 10.5. The SMILES string of the molecule is CCN(CC)Cc1ccc2c(c1)OCCC2NC(=O)CC(N=S(=O)=O)c1ccccc1.c1ccc2ccccc2c1. The van der Waals surface area contributed by atoms with Gasteiger partial charge in [0.25, 0.3) is 0 Å². The molecule has 2 atom stereocenters. The molecule has 0 aliphatic carbocycles. The summed E-state index contributed by atoms with van der Waals surface area (Å²) in [5.74, 6) is 0.555. The van der Waals surface area contributed by atoms with Crippen molar-refractivity contribution in [3.8, 4) is 5.75 Å². The van der Waals surface area contributed by atoms with E-state index in [4.69, 9.17) is 4.74 Å². The van der Waals surface area contributed by atoms with E-state index in [0.29, 0.717) is 18.6 Å². The fraction of sp³-hybridized carbons (Fsp3) is 0.303. The maximum Gasteiger partial charge on any atom is 0.311 e. The molecule has 2 unspecified atom stereocenters. The molecule has 8 heteroatoms. The van der Waals surface area contributed by atoms with Crippen molar-refractivity contribution in [3.63, 3.8) is 0 Å². The van der Waals surface area contributed by atoms with Crippen LogP contribution in [0.4, 0.5) is 0 Å². The van der Waals surface area contributed by atoms with Crippen LogP contribution in [0.5, 0.6) is 5.75 Å². The first kappa shape index (κ1) is 30.0. The van der Waals surface area contributed by atoms with Gasteiger partial charge in [-0.2, -0.15) is 12.8 Å². The molecule has 214 valence electrons. The summed E-state index contributed by atoms with van der Waals surface area (Å²) >= 11 is 0. The zero-order valence-electron chi connectivity index (χ0n) is 23.6. The van der Waals surface area contributed by atoms with Crippen LogP contribution in [0.3, 0.4) is 0 Å². The lowest BCUT2D eigenvalue weighted by Crippen LogP contribution is -2.33. The Morgan fingerprint density at radius 1 is 0.927 bits per heavy atom. The van der Waals surface area contributed by atoms with Gasteiger partial charge in [0, 0.05) is 18.5 Å². The highest BCUT2D eigenvalue weighted by Gasteiger charge is 2.25. The number of fused-ring (bicyclic) bond motifs is 2. The van der Waals surface area contributed by atoms with E-state index in [2.05, 4.69) is 89.1 Å². The van der Waals surface area contributed by atoms with Crippen molar-refractivity contribution < 1.29 is 17.9 Å². The summed E-state index contributed by atoms with van der Waals surface area (Å²) < 4.78 is 31.9. The summed E-state index contributed by atoms with van der Waals surface area (Å²) in [6.07, 6.45) is 0.624. The average Bonchev–Trinajstić information content (AvgIpc) is 3.00. The zero-order valence-corrected chi connectivity index (χ0v) is 24.4. The predicted molar refractivity (Wildman–Crippen MR) is 163 cm³/mol. The highest BCUT2D eigenvalue weighted by Crippen LogP contribution is 2.33. The monoisotopic (exact) mass is 571 g/mol. The van der Waals surface area contributed by atoms with Gasteiger partial charge in [0.2, 0.25) is 5.91 Å². The summed E-state index contributed by atoms with van der Waals surface area (Å²) in [5, 5.41) is 5.66. The third kappa shape index (κ3) is 8.74. The van der Waals surface area contributed by atoms with Crippen LogP contribution in [0.1, 0.15) is 55.5 Å². The molecule has 0 bridgehead atoms. The van der Waals surface area contributed by atoms with Crippen molar-refractivity contribution in [1.29, 1.82) is 0 Å². The molecule has 4 aromatic rings. The van der Waals surface area contributed by atoms with Gasteiger partial charge in [0.05, 0.1) is 19.1 Å². The molecule has 41 heavy (non-hydrogen) atoms. The van der Waals surface area contributed by atoms with Gasteiger partial charge in [0.1, 0.15) is 11.8 Å². The van der Waals surface area contributed by atoms with Gasteiger partial charge in [-0.3, -0.25) is 9.69 Å². The van der Waals surface area contributed by atoms with Gasteiger partial charge in [0.15, 0.2) is 0 Å². The normalized spacial score (nSPS) is 14.7. The van der Waals surface area contributed by atoms with Crippen LogP contribution < -0.4 is 10.1 Å². The Morgan fingerprint density at radius 2 is 1.54 bits per heavy atom. The van der Waals surface area contributed by atoms with Crippen molar-refractivity contribution in [2.75, 3.05) is 19.7 Å². The van der Waals surface area contributed by atoms with E-state index in [-0.39, 0.29) is 18.4 Å². The minimum Gasteiger partial charge on any atom is -0.493 e. The molecule has 0 aromatic heterocycles. The molecule has 4 aromatic carbocycles. The van der Waals surface area contributed by atoms with E-state index in [1.54, 1.807) is 24.3 Å². The standard InChI is InChI=1S/C23H29N3O4S.C10H8/c1-3-26(4-2)16-17-10-11-19-20(12-13-30-22(19)14-17)24-23(27)15-21(25-31(28)29)18-8-6-5-7-9-18;1-2-6-10-8-4-3-7-9(10)5-1/h5-11,14,20-21H,3-4,12-13,15-16H2,1-2H3,(H,24,27);1-8H. The molecule has 1 heterocycles. The van der Waals surface area contributed by atoms with E-state index >= 15 is 0 Å². The number of amides is 1. The molecule has 1 aliphatic rings. The molecule has 0 spiro atoms. The topological polar surface area (TPSA) is 88.1 Å². The zero-order chi connectivity index (χ0) is 29.0. The molecule has 0 fully saturated rings. The number of nitrogens with one attached hydrogen (secondary N) is 1. The van der Waals surface area contributed by atoms with Gasteiger partial charge < -0.3 is 10.1 Å². The van der Waals surface area contributed by atoms with Gasteiger partial charge in [-0.15, -0.1) is 0 Å². The van der Waals surface area contributed by atoms with Crippen LogP contribution in [0.25, 0.3) is 10.8 Å². The third-order valence-corrected chi connectivity index (χ3v) is 7.62. The highest BCUT2D eigenvalue weighted by molar-refractivity contribution is 7.61.